The lowest BCUT2D eigenvalue weighted by atomic mass is 9.82. The Morgan fingerprint density at radius 2 is 1.95 bits per heavy atom. The van der Waals surface area contributed by atoms with Gasteiger partial charge < -0.3 is 14.3 Å². The Kier molecular flexibility index (Phi) is 5.13. The fourth-order valence-corrected chi connectivity index (χ4v) is 3.94. The molecule has 1 saturated carbocycles. The SMILES string of the molecule is CC(=O)CC[C@@H]1C(=O)C[C@H]([C@@]2(C)COC(C)(C)O2)CC[C@@H]1C. The van der Waals surface area contributed by atoms with Crippen molar-refractivity contribution in [2.24, 2.45) is 17.8 Å². The molecule has 0 radical (unpaired) electrons. The summed E-state index contributed by atoms with van der Waals surface area (Å²) in [5.41, 5.74) is -0.381. The molecular formula is C18H30O4. The van der Waals surface area contributed by atoms with Gasteiger partial charge in [-0.05, 0) is 58.8 Å². The molecule has 126 valence electrons. The van der Waals surface area contributed by atoms with E-state index in [9.17, 15) is 9.59 Å². The van der Waals surface area contributed by atoms with Crippen LogP contribution in [0.4, 0.5) is 0 Å². The molecule has 1 aliphatic heterocycles. The molecule has 22 heavy (non-hydrogen) atoms. The van der Waals surface area contributed by atoms with E-state index < -0.39 is 5.79 Å². The maximum Gasteiger partial charge on any atom is 0.163 e. The van der Waals surface area contributed by atoms with Crippen LogP contribution in [0.5, 0.6) is 0 Å². The predicted molar refractivity (Wildman–Crippen MR) is 84.4 cm³/mol. The van der Waals surface area contributed by atoms with Crippen LogP contribution in [0.3, 0.4) is 0 Å². The lowest BCUT2D eigenvalue weighted by Crippen LogP contribution is -2.40. The number of carbonyl (C=O) groups excluding carboxylic acids is 2. The predicted octanol–water partition coefficient (Wildman–Crippen LogP) is 3.52. The van der Waals surface area contributed by atoms with E-state index in [1.807, 2.05) is 13.8 Å². The molecule has 0 aromatic heterocycles. The van der Waals surface area contributed by atoms with Crippen LogP contribution in [0.15, 0.2) is 0 Å². The maximum atomic E-state index is 12.7. The van der Waals surface area contributed by atoms with Crippen LogP contribution in [0.25, 0.3) is 0 Å². The Bertz CT molecular complexity index is 442. The number of rotatable bonds is 4. The normalized spacial score (nSPS) is 38.8. The third-order valence-corrected chi connectivity index (χ3v) is 5.37. The molecule has 0 unspecified atom stereocenters. The Hall–Kier alpha value is -0.740. The van der Waals surface area contributed by atoms with Crippen molar-refractivity contribution in [3.05, 3.63) is 0 Å². The topological polar surface area (TPSA) is 52.6 Å². The lowest BCUT2D eigenvalue weighted by molar-refractivity contribution is -0.170. The Morgan fingerprint density at radius 1 is 1.27 bits per heavy atom. The summed E-state index contributed by atoms with van der Waals surface area (Å²) in [6, 6.07) is 0. The molecule has 2 fully saturated rings. The summed E-state index contributed by atoms with van der Waals surface area (Å²) < 4.78 is 11.9. The van der Waals surface area contributed by atoms with Gasteiger partial charge in [-0.3, -0.25) is 4.79 Å². The fourth-order valence-electron chi connectivity index (χ4n) is 3.94. The molecule has 2 rings (SSSR count). The minimum absolute atomic E-state index is 0.0211. The molecule has 4 atom stereocenters. The third-order valence-electron chi connectivity index (χ3n) is 5.37. The van der Waals surface area contributed by atoms with Crippen molar-refractivity contribution in [2.45, 2.75) is 78.1 Å². The summed E-state index contributed by atoms with van der Waals surface area (Å²) in [6.07, 6.45) is 3.75. The number of ether oxygens (including phenoxy) is 2. The highest BCUT2D eigenvalue weighted by Crippen LogP contribution is 2.43. The van der Waals surface area contributed by atoms with Crippen molar-refractivity contribution in [3.8, 4) is 0 Å². The summed E-state index contributed by atoms with van der Waals surface area (Å²) in [5.74, 6) is 0.465. The van der Waals surface area contributed by atoms with Crippen LogP contribution in [-0.2, 0) is 19.1 Å². The Labute approximate surface area is 133 Å². The zero-order chi connectivity index (χ0) is 16.5. The fraction of sp³-hybridized carbons (Fsp3) is 0.889. The molecule has 4 heteroatoms. The van der Waals surface area contributed by atoms with Crippen LogP contribution in [0.1, 0.15) is 66.7 Å². The van der Waals surface area contributed by atoms with E-state index in [1.54, 1.807) is 6.92 Å². The van der Waals surface area contributed by atoms with Crippen molar-refractivity contribution in [1.82, 2.24) is 0 Å². The summed E-state index contributed by atoms with van der Waals surface area (Å²) >= 11 is 0. The summed E-state index contributed by atoms with van der Waals surface area (Å²) in [5, 5.41) is 0. The van der Waals surface area contributed by atoms with Gasteiger partial charge in [0.1, 0.15) is 11.6 Å². The summed E-state index contributed by atoms with van der Waals surface area (Å²) in [4.78, 5) is 23.9. The van der Waals surface area contributed by atoms with Crippen LogP contribution >= 0.6 is 0 Å². The molecule has 1 aliphatic carbocycles. The van der Waals surface area contributed by atoms with Gasteiger partial charge in [-0.25, -0.2) is 0 Å². The zero-order valence-corrected chi connectivity index (χ0v) is 14.6. The second-order valence-corrected chi connectivity index (χ2v) is 7.87. The third kappa shape index (κ3) is 3.96. The molecule has 0 amide bonds. The second-order valence-electron chi connectivity index (χ2n) is 7.87. The van der Waals surface area contributed by atoms with Gasteiger partial charge in [0.05, 0.1) is 12.2 Å². The Balaban J connectivity index is 2.06. The van der Waals surface area contributed by atoms with Gasteiger partial charge in [-0.1, -0.05) is 6.92 Å². The van der Waals surface area contributed by atoms with E-state index in [0.29, 0.717) is 37.6 Å². The second kappa shape index (κ2) is 6.40. The number of ketones is 2. The van der Waals surface area contributed by atoms with Gasteiger partial charge in [0.25, 0.3) is 0 Å². The lowest BCUT2D eigenvalue weighted by Gasteiger charge is -2.32. The molecule has 0 aromatic rings. The first-order valence-corrected chi connectivity index (χ1v) is 8.49. The number of hydrogen-bond acceptors (Lipinski definition) is 4. The highest BCUT2D eigenvalue weighted by atomic mass is 16.8. The molecule has 0 aromatic carbocycles. The van der Waals surface area contributed by atoms with Gasteiger partial charge in [-0.2, -0.15) is 0 Å². The highest BCUT2D eigenvalue weighted by Gasteiger charge is 2.48. The molecule has 0 bridgehead atoms. The van der Waals surface area contributed by atoms with Gasteiger partial charge in [0, 0.05) is 18.8 Å². The number of hydrogen-bond donors (Lipinski definition) is 0. The van der Waals surface area contributed by atoms with Crippen LogP contribution in [-0.4, -0.2) is 29.6 Å². The molecular weight excluding hydrogens is 280 g/mol. The number of Topliss-reactive ketones (excluding diaryl/α,β-unsaturated/α-hetero) is 2. The van der Waals surface area contributed by atoms with Crippen molar-refractivity contribution >= 4 is 11.6 Å². The molecule has 2 aliphatic rings. The molecule has 0 N–H and O–H groups in total. The van der Waals surface area contributed by atoms with Gasteiger partial charge in [0.2, 0.25) is 0 Å². The average Bonchev–Trinajstić information content (AvgIpc) is 2.60. The van der Waals surface area contributed by atoms with E-state index in [1.165, 1.54) is 0 Å². The maximum absolute atomic E-state index is 12.7. The van der Waals surface area contributed by atoms with Gasteiger partial charge in [-0.15, -0.1) is 0 Å². The quantitative estimate of drug-likeness (QED) is 0.746. The summed E-state index contributed by atoms with van der Waals surface area (Å²) in [7, 11) is 0. The molecule has 0 spiro atoms. The summed E-state index contributed by atoms with van der Waals surface area (Å²) in [6.45, 7) is 10.2. The van der Waals surface area contributed by atoms with E-state index >= 15 is 0 Å². The van der Waals surface area contributed by atoms with E-state index in [4.69, 9.17) is 9.47 Å². The molecule has 1 heterocycles. The first-order chi connectivity index (χ1) is 10.1. The average molecular weight is 310 g/mol. The Morgan fingerprint density at radius 3 is 2.50 bits per heavy atom. The van der Waals surface area contributed by atoms with Crippen LogP contribution < -0.4 is 0 Å². The first kappa shape index (κ1) is 17.6. The van der Waals surface area contributed by atoms with Crippen LogP contribution in [0.2, 0.25) is 0 Å². The van der Waals surface area contributed by atoms with E-state index in [0.717, 1.165) is 12.8 Å². The monoisotopic (exact) mass is 310 g/mol. The minimum atomic E-state index is -0.566. The minimum Gasteiger partial charge on any atom is -0.347 e. The van der Waals surface area contributed by atoms with Gasteiger partial charge in [0.15, 0.2) is 5.79 Å². The standard InChI is InChI=1S/C18H30O4/c1-12-6-8-14(18(5)11-21-17(3,4)22-18)10-16(20)15(12)9-7-13(2)19/h12,14-15H,6-11H2,1-5H3/t12-,14+,15-,18+/m0/s1. The smallest absolute Gasteiger partial charge is 0.163 e. The van der Waals surface area contributed by atoms with Crippen molar-refractivity contribution in [2.75, 3.05) is 6.61 Å². The van der Waals surface area contributed by atoms with E-state index in [2.05, 4.69) is 13.8 Å². The van der Waals surface area contributed by atoms with Crippen molar-refractivity contribution < 1.29 is 19.1 Å². The molecule has 1 saturated heterocycles. The zero-order valence-electron chi connectivity index (χ0n) is 14.6. The largest absolute Gasteiger partial charge is 0.347 e. The van der Waals surface area contributed by atoms with E-state index in [-0.39, 0.29) is 23.2 Å². The van der Waals surface area contributed by atoms with Crippen LogP contribution in [0, 0.1) is 17.8 Å². The first-order valence-electron chi connectivity index (χ1n) is 8.49. The van der Waals surface area contributed by atoms with Gasteiger partial charge >= 0.3 is 0 Å². The molecule has 4 nitrogen and oxygen atoms in total. The highest BCUT2D eigenvalue weighted by molar-refractivity contribution is 5.83. The van der Waals surface area contributed by atoms with Crippen molar-refractivity contribution in [3.63, 3.8) is 0 Å². The van der Waals surface area contributed by atoms with Crippen molar-refractivity contribution in [1.29, 1.82) is 0 Å². The number of carbonyl (C=O) groups is 2.